The highest BCUT2D eigenvalue weighted by atomic mass is 35.5. The Kier molecular flexibility index (Phi) is 5.19. The number of halogens is 1. The van der Waals surface area contributed by atoms with Crippen LogP contribution < -0.4 is 10.6 Å². The first-order valence-electron chi connectivity index (χ1n) is 6.33. The average molecular weight is 311 g/mol. The fourth-order valence-corrected chi connectivity index (χ4v) is 1.91. The van der Waals surface area contributed by atoms with Crippen molar-refractivity contribution in [2.45, 2.75) is 0 Å². The van der Waals surface area contributed by atoms with Gasteiger partial charge in [0.2, 0.25) is 5.91 Å². The molecule has 2 rings (SSSR count). The molecule has 2 N–H and O–H groups in total. The van der Waals surface area contributed by atoms with Crippen LogP contribution in [0.1, 0.15) is 10.6 Å². The maximum Gasteiger partial charge on any atom is 0.287 e. The Balaban J connectivity index is 1.91. The van der Waals surface area contributed by atoms with Gasteiger partial charge in [-0.25, -0.2) is 0 Å². The molecule has 6 nitrogen and oxygen atoms in total. The van der Waals surface area contributed by atoms with E-state index >= 15 is 0 Å². The molecular formula is C14H15ClN2O4. The van der Waals surface area contributed by atoms with E-state index < -0.39 is 5.91 Å². The summed E-state index contributed by atoms with van der Waals surface area (Å²) in [4.78, 5) is 23.3. The third-order valence-electron chi connectivity index (χ3n) is 2.74. The van der Waals surface area contributed by atoms with Gasteiger partial charge in [0, 0.05) is 24.1 Å². The molecule has 1 aromatic carbocycles. The number of rotatable bonds is 6. The quantitative estimate of drug-likeness (QED) is 0.794. The van der Waals surface area contributed by atoms with Gasteiger partial charge in [-0.05, 0) is 24.3 Å². The van der Waals surface area contributed by atoms with E-state index in [0.717, 1.165) is 5.39 Å². The molecule has 0 bridgehead atoms. The van der Waals surface area contributed by atoms with Gasteiger partial charge >= 0.3 is 0 Å². The number of methoxy groups -OCH3 is 1. The minimum absolute atomic E-state index is 0.125. The summed E-state index contributed by atoms with van der Waals surface area (Å²) >= 11 is 5.87. The molecule has 0 atom stereocenters. The summed E-state index contributed by atoms with van der Waals surface area (Å²) in [6.07, 6.45) is 0. The summed E-state index contributed by atoms with van der Waals surface area (Å²) in [5.41, 5.74) is 0.564. The second-order valence-corrected chi connectivity index (χ2v) is 4.75. The van der Waals surface area contributed by atoms with Crippen molar-refractivity contribution in [3.63, 3.8) is 0 Å². The number of benzene rings is 1. The van der Waals surface area contributed by atoms with Crippen LogP contribution in [0.25, 0.3) is 11.0 Å². The maximum atomic E-state index is 11.9. The Morgan fingerprint density at radius 1 is 1.29 bits per heavy atom. The average Bonchev–Trinajstić information content (AvgIpc) is 2.88. The fraction of sp³-hybridized carbons (Fsp3) is 0.286. The van der Waals surface area contributed by atoms with Crippen molar-refractivity contribution in [3.05, 3.63) is 35.0 Å². The minimum Gasteiger partial charge on any atom is -0.451 e. The van der Waals surface area contributed by atoms with Crippen LogP contribution in [0.5, 0.6) is 0 Å². The van der Waals surface area contributed by atoms with Crippen LogP contribution in [-0.4, -0.2) is 38.6 Å². The lowest BCUT2D eigenvalue weighted by Gasteiger charge is -2.05. The Bertz CT molecular complexity index is 653. The normalized spacial score (nSPS) is 10.6. The molecule has 2 amide bonds. The molecule has 7 heteroatoms. The topological polar surface area (TPSA) is 80.6 Å². The number of carbonyl (C=O) groups is 2. The third kappa shape index (κ3) is 4.21. The number of furan rings is 1. The van der Waals surface area contributed by atoms with Crippen LogP contribution >= 0.6 is 11.6 Å². The van der Waals surface area contributed by atoms with E-state index in [2.05, 4.69) is 10.6 Å². The standard InChI is InChI=1S/C14H15ClN2O4/c1-20-5-4-16-13(18)8-17-14(19)12-7-9-6-10(15)2-3-11(9)21-12/h2-3,6-7H,4-5,8H2,1H3,(H,16,18)(H,17,19). The van der Waals surface area contributed by atoms with Gasteiger partial charge in [0.15, 0.2) is 5.76 Å². The summed E-state index contributed by atoms with van der Waals surface area (Å²) in [7, 11) is 1.54. The highest BCUT2D eigenvalue weighted by Crippen LogP contribution is 2.22. The van der Waals surface area contributed by atoms with Gasteiger partial charge in [-0.2, -0.15) is 0 Å². The zero-order valence-corrected chi connectivity index (χ0v) is 12.2. The first-order chi connectivity index (χ1) is 10.1. The summed E-state index contributed by atoms with van der Waals surface area (Å²) in [6, 6.07) is 6.65. The maximum absolute atomic E-state index is 11.9. The SMILES string of the molecule is COCCNC(=O)CNC(=O)c1cc2cc(Cl)ccc2o1. The monoisotopic (exact) mass is 310 g/mol. The number of carbonyl (C=O) groups excluding carboxylic acids is 2. The Morgan fingerprint density at radius 3 is 2.86 bits per heavy atom. The molecule has 0 aliphatic rings. The Hall–Kier alpha value is -2.05. The minimum atomic E-state index is -0.454. The number of fused-ring (bicyclic) bond motifs is 1. The third-order valence-corrected chi connectivity index (χ3v) is 2.98. The van der Waals surface area contributed by atoms with Crippen LogP contribution in [0.2, 0.25) is 5.02 Å². The lowest BCUT2D eigenvalue weighted by atomic mass is 10.2. The van der Waals surface area contributed by atoms with Crippen LogP contribution in [0.3, 0.4) is 0 Å². The zero-order valence-electron chi connectivity index (χ0n) is 11.4. The first-order valence-corrected chi connectivity index (χ1v) is 6.71. The highest BCUT2D eigenvalue weighted by molar-refractivity contribution is 6.31. The van der Waals surface area contributed by atoms with Crippen molar-refractivity contribution in [1.82, 2.24) is 10.6 Å². The molecule has 0 aliphatic heterocycles. The number of nitrogens with one attached hydrogen (secondary N) is 2. The van der Waals surface area contributed by atoms with E-state index in [1.165, 1.54) is 0 Å². The molecule has 0 saturated carbocycles. The first kappa shape index (κ1) is 15.3. The van der Waals surface area contributed by atoms with Gasteiger partial charge in [-0.1, -0.05) is 11.6 Å². The second kappa shape index (κ2) is 7.10. The van der Waals surface area contributed by atoms with Gasteiger partial charge in [-0.3, -0.25) is 9.59 Å². The molecule has 0 aliphatic carbocycles. The highest BCUT2D eigenvalue weighted by Gasteiger charge is 2.13. The molecule has 1 aromatic heterocycles. The summed E-state index contributed by atoms with van der Waals surface area (Å²) in [6.45, 7) is 0.693. The molecule has 2 aromatic rings. The largest absolute Gasteiger partial charge is 0.451 e. The molecule has 0 unspecified atom stereocenters. The predicted molar refractivity (Wildman–Crippen MR) is 78.4 cm³/mol. The van der Waals surface area contributed by atoms with E-state index in [4.69, 9.17) is 20.8 Å². The van der Waals surface area contributed by atoms with E-state index in [9.17, 15) is 9.59 Å². The molecule has 0 spiro atoms. The molecular weight excluding hydrogens is 296 g/mol. The fourth-order valence-electron chi connectivity index (χ4n) is 1.73. The van der Waals surface area contributed by atoms with Crippen molar-refractivity contribution in [2.24, 2.45) is 0 Å². The number of hydrogen-bond acceptors (Lipinski definition) is 4. The Labute approximate surface area is 126 Å². The van der Waals surface area contributed by atoms with E-state index in [1.807, 2.05) is 0 Å². The predicted octanol–water partition coefficient (Wildman–Crippen LogP) is 1.58. The van der Waals surface area contributed by atoms with Crippen molar-refractivity contribution >= 4 is 34.4 Å². The number of hydrogen-bond donors (Lipinski definition) is 2. The second-order valence-electron chi connectivity index (χ2n) is 4.32. The molecule has 1 heterocycles. The molecule has 0 saturated heterocycles. The number of ether oxygens (including phenoxy) is 1. The van der Waals surface area contributed by atoms with Crippen LogP contribution in [0.4, 0.5) is 0 Å². The van der Waals surface area contributed by atoms with Crippen molar-refractivity contribution in [3.8, 4) is 0 Å². The molecule has 112 valence electrons. The van der Waals surface area contributed by atoms with Crippen LogP contribution in [-0.2, 0) is 9.53 Å². The molecule has 0 fully saturated rings. The Morgan fingerprint density at radius 2 is 2.10 bits per heavy atom. The van der Waals surface area contributed by atoms with Gasteiger partial charge in [0.25, 0.3) is 5.91 Å². The molecule has 21 heavy (non-hydrogen) atoms. The summed E-state index contributed by atoms with van der Waals surface area (Å²) in [5.74, 6) is -0.610. The lowest BCUT2D eigenvalue weighted by molar-refractivity contribution is -0.120. The van der Waals surface area contributed by atoms with Gasteiger partial charge < -0.3 is 19.8 Å². The molecule has 0 radical (unpaired) electrons. The van der Waals surface area contributed by atoms with Gasteiger partial charge in [0.05, 0.1) is 13.2 Å². The van der Waals surface area contributed by atoms with Crippen LogP contribution in [0.15, 0.2) is 28.7 Å². The van der Waals surface area contributed by atoms with Gasteiger partial charge in [-0.15, -0.1) is 0 Å². The summed E-state index contributed by atoms with van der Waals surface area (Å²) < 4.78 is 10.2. The smallest absolute Gasteiger partial charge is 0.287 e. The number of amides is 2. The van der Waals surface area contributed by atoms with Crippen molar-refractivity contribution < 1.29 is 18.7 Å². The van der Waals surface area contributed by atoms with Crippen molar-refractivity contribution in [1.29, 1.82) is 0 Å². The van der Waals surface area contributed by atoms with E-state index in [1.54, 1.807) is 31.4 Å². The van der Waals surface area contributed by atoms with E-state index in [0.29, 0.717) is 23.8 Å². The zero-order chi connectivity index (χ0) is 15.2. The lowest BCUT2D eigenvalue weighted by Crippen LogP contribution is -2.38. The van der Waals surface area contributed by atoms with Crippen LogP contribution in [0, 0.1) is 0 Å². The van der Waals surface area contributed by atoms with Crippen molar-refractivity contribution in [2.75, 3.05) is 26.8 Å². The summed E-state index contributed by atoms with van der Waals surface area (Å²) in [5, 5.41) is 6.38. The van der Waals surface area contributed by atoms with E-state index in [-0.39, 0.29) is 18.2 Å². The van der Waals surface area contributed by atoms with Gasteiger partial charge in [0.1, 0.15) is 5.58 Å².